The first-order valence-electron chi connectivity index (χ1n) is 5.79. The van der Waals surface area contributed by atoms with E-state index < -0.39 is 5.97 Å². The number of aromatic nitrogens is 2. The molecule has 0 amide bonds. The molecule has 2 aromatic rings. The van der Waals surface area contributed by atoms with Gasteiger partial charge in [-0.2, -0.15) is 0 Å². The molecule has 0 unspecified atom stereocenters. The van der Waals surface area contributed by atoms with Crippen molar-refractivity contribution >= 4 is 11.7 Å². The molecule has 0 saturated heterocycles. The monoisotopic (exact) mass is 261 g/mol. The van der Waals surface area contributed by atoms with Crippen molar-refractivity contribution in [3.8, 4) is 5.75 Å². The number of nitrogen functional groups attached to an aromatic ring is 1. The standard InChI is InChI=1S/C13H15N3O3/c1-16-6-5-15-12(16)4-7-19-11-3-2-9(13(17)18)8-10(11)14/h2-3,5-6,8H,4,7,14H2,1H3,(H,17,18). The van der Waals surface area contributed by atoms with Crippen molar-refractivity contribution in [3.05, 3.63) is 42.0 Å². The summed E-state index contributed by atoms with van der Waals surface area (Å²) in [6.07, 6.45) is 4.25. The zero-order valence-corrected chi connectivity index (χ0v) is 10.5. The second-order valence-corrected chi connectivity index (χ2v) is 4.11. The van der Waals surface area contributed by atoms with Gasteiger partial charge in [0.05, 0.1) is 17.9 Å². The lowest BCUT2D eigenvalue weighted by atomic mass is 10.2. The van der Waals surface area contributed by atoms with Crippen LogP contribution in [0.1, 0.15) is 16.2 Å². The zero-order chi connectivity index (χ0) is 13.8. The molecule has 0 aliphatic carbocycles. The quantitative estimate of drug-likeness (QED) is 0.792. The molecule has 2 rings (SSSR count). The van der Waals surface area contributed by atoms with Crippen LogP contribution in [0.25, 0.3) is 0 Å². The molecule has 1 aromatic carbocycles. The van der Waals surface area contributed by atoms with Crippen LogP contribution in [0.3, 0.4) is 0 Å². The summed E-state index contributed by atoms with van der Waals surface area (Å²) >= 11 is 0. The fourth-order valence-corrected chi connectivity index (χ4v) is 1.70. The second kappa shape index (κ2) is 5.43. The van der Waals surface area contributed by atoms with Gasteiger partial charge < -0.3 is 20.1 Å². The molecule has 0 radical (unpaired) electrons. The lowest BCUT2D eigenvalue weighted by Crippen LogP contribution is -2.08. The molecule has 3 N–H and O–H groups in total. The van der Waals surface area contributed by atoms with Crippen molar-refractivity contribution in [3.63, 3.8) is 0 Å². The fraction of sp³-hybridized carbons (Fsp3) is 0.231. The molecule has 1 heterocycles. The van der Waals surface area contributed by atoms with Crippen LogP contribution in [0.2, 0.25) is 0 Å². The number of carboxylic acid groups (broad SMARTS) is 1. The Morgan fingerprint density at radius 3 is 2.89 bits per heavy atom. The number of aryl methyl sites for hydroxylation is 1. The molecule has 0 aliphatic rings. The van der Waals surface area contributed by atoms with Crippen molar-refractivity contribution in [2.75, 3.05) is 12.3 Å². The molecule has 0 atom stereocenters. The van der Waals surface area contributed by atoms with E-state index >= 15 is 0 Å². The van der Waals surface area contributed by atoms with Crippen LogP contribution in [0, 0.1) is 0 Å². The highest BCUT2D eigenvalue weighted by Crippen LogP contribution is 2.22. The van der Waals surface area contributed by atoms with Crippen LogP contribution in [0.4, 0.5) is 5.69 Å². The van der Waals surface area contributed by atoms with Gasteiger partial charge in [0.15, 0.2) is 0 Å². The first-order chi connectivity index (χ1) is 9.08. The number of hydrogen-bond acceptors (Lipinski definition) is 4. The molecule has 0 fully saturated rings. The maximum atomic E-state index is 10.8. The predicted octanol–water partition coefficient (Wildman–Crippen LogP) is 1.32. The largest absolute Gasteiger partial charge is 0.491 e. The van der Waals surface area contributed by atoms with E-state index in [1.165, 1.54) is 12.1 Å². The van der Waals surface area contributed by atoms with Crippen LogP contribution in [-0.4, -0.2) is 27.2 Å². The minimum Gasteiger partial charge on any atom is -0.491 e. The number of rotatable bonds is 5. The van der Waals surface area contributed by atoms with Crippen LogP contribution < -0.4 is 10.5 Å². The van der Waals surface area contributed by atoms with Crippen molar-refractivity contribution in [1.29, 1.82) is 0 Å². The molecule has 6 nitrogen and oxygen atoms in total. The van der Waals surface area contributed by atoms with Gasteiger partial charge in [0, 0.05) is 25.9 Å². The SMILES string of the molecule is Cn1ccnc1CCOc1ccc(C(=O)O)cc1N. The first kappa shape index (κ1) is 12.9. The lowest BCUT2D eigenvalue weighted by molar-refractivity contribution is 0.0697. The third-order valence-corrected chi connectivity index (χ3v) is 2.76. The molecule has 19 heavy (non-hydrogen) atoms. The number of nitrogens with two attached hydrogens (primary N) is 1. The van der Waals surface area contributed by atoms with Gasteiger partial charge in [-0.25, -0.2) is 9.78 Å². The van der Waals surface area contributed by atoms with Crippen molar-refractivity contribution in [1.82, 2.24) is 9.55 Å². The minimum absolute atomic E-state index is 0.147. The summed E-state index contributed by atoms with van der Waals surface area (Å²) in [7, 11) is 1.92. The van der Waals surface area contributed by atoms with E-state index in [2.05, 4.69) is 4.98 Å². The molecule has 0 aliphatic heterocycles. The van der Waals surface area contributed by atoms with Gasteiger partial charge in [0.2, 0.25) is 0 Å². The average molecular weight is 261 g/mol. The number of ether oxygens (including phenoxy) is 1. The molecule has 100 valence electrons. The molecule has 1 aromatic heterocycles. The minimum atomic E-state index is -1.01. The molecule has 6 heteroatoms. The highest BCUT2D eigenvalue weighted by molar-refractivity contribution is 5.89. The second-order valence-electron chi connectivity index (χ2n) is 4.11. The predicted molar refractivity (Wildman–Crippen MR) is 70.2 cm³/mol. The lowest BCUT2D eigenvalue weighted by Gasteiger charge is -2.09. The summed E-state index contributed by atoms with van der Waals surface area (Å²) in [4.78, 5) is 14.9. The first-order valence-corrected chi connectivity index (χ1v) is 5.79. The van der Waals surface area contributed by atoms with Crippen LogP contribution in [0.5, 0.6) is 5.75 Å². The van der Waals surface area contributed by atoms with E-state index in [-0.39, 0.29) is 5.56 Å². The Bertz CT molecular complexity index is 593. The van der Waals surface area contributed by atoms with E-state index in [0.717, 1.165) is 5.82 Å². The summed E-state index contributed by atoms with van der Waals surface area (Å²) in [5.41, 5.74) is 6.21. The number of hydrogen-bond donors (Lipinski definition) is 2. The molecule has 0 saturated carbocycles. The highest BCUT2D eigenvalue weighted by Gasteiger charge is 2.07. The Labute approximate surface area is 110 Å². The number of nitrogens with zero attached hydrogens (tertiary/aromatic N) is 2. The maximum Gasteiger partial charge on any atom is 0.335 e. The van der Waals surface area contributed by atoms with E-state index in [0.29, 0.717) is 24.5 Å². The van der Waals surface area contributed by atoms with Crippen molar-refractivity contribution in [2.45, 2.75) is 6.42 Å². The van der Waals surface area contributed by atoms with Gasteiger partial charge in [-0.1, -0.05) is 0 Å². The van der Waals surface area contributed by atoms with Gasteiger partial charge in [-0.3, -0.25) is 0 Å². The van der Waals surface area contributed by atoms with Crippen molar-refractivity contribution in [2.24, 2.45) is 7.05 Å². The van der Waals surface area contributed by atoms with E-state index in [1.54, 1.807) is 12.3 Å². The summed E-state index contributed by atoms with van der Waals surface area (Å²) in [6.45, 7) is 0.432. The Morgan fingerprint density at radius 1 is 1.53 bits per heavy atom. The van der Waals surface area contributed by atoms with Crippen LogP contribution in [-0.2, 0) is 13.5 Å². The summed E-state index contributed by atoms with van der Waals surface area (Å²) in [5, 5.41) is 8.82. The Kier molecular flexibility index (Phi) is 3.70. The van der Waals surface area contributed by atoms with Crippen molar-refractivity contribution < 1.29 is 14.6 Å². The van der Waals surface area contributed by atoms with Gasteiger partial charge in [-0.05, 0) is 18.2 Å². The molecule has 0 bridgehead atoms. The third-order valence-electron chi connectivity index (χ3n) is 2.76. The highest BCUT2D eigenvalue weighted by atomic mass is 16.5. The summed E-state index contributed by atoms with van der Waals surface area (Å²) < 4.78 is 7.45. The Morgan fingerprint density at radius 2 is 2.32 bits per heavy atom. The number of imidazole rings is 1. The van der Waals surface area contributed by atoms with Crippen LogP contribution >= 0.6 is 0 Å². The van der Waals surface area contributed by atoms with E-state index in [4.69, 9.17) is 15.6 Å². The maximum absolute atomic E-state index is 10.8. The summed E-state index contributed by atoms with van der Waals surface area (Å²) in [5.74, 6) is 0.395. The van der Waals surface area contributed by atoms with Gasteiger partial charge in [0.25, 0.3) is 0 Å². The average Bonchev–Trinajstić information content (AvgIpc) is 2.77. The number of carbonyl (C=O) groups is 1. The van der Waals surface area contributed by atoms with E-state index in [9.17, 15) is 4.79 Å². The van der Waals surface area contributed by atoms with Crippen LogP contribution in [0.15, 0.2) is 30.6 Å². The molecule has 0 spiro atoms. The molecular weight excluding hydrogens is 246 g/mol. The smallest absolute Gasteiger partial charge is 0.335 e. The third kappa shape index (κ3) is 3.04. The Balaban J connectivity index is 1.96. The molecular formula is C13H15N3O3. The number of aromatic carboxylic acids is 1. The summed E-state index contributed by atoms with van der Waals surface area (Å²) in [6, 6.07) is 4.42. The Hall–Kier alpha value is -2.50. The fourth-order valence-electron chi connectivity index (χ4n) is 1.70. The number of carboxylic acids is 1. The normalized spacial score (nSPS) is 10.4. The van der Waals surface area contributed by atoms with E-state index in [1.807, 2.05) is 17.8 Å². The zero-order valence-electron chi connectivity index (χ0n) is 10.5. The number of anilines is 1. The van der Waals surface area contributed by atoms with Gasteiger partial charge in [-0.15, -0.1) is 0 Å². The topological polar surface area (TPSA) is 90.4 Å². The van der Waals surface area contributed by atoms with Gasteiger partial charge in [0.1, 0.15) is 11.6 Å². The van der Waals surface area contributed by atoms with Gasteiger partial charge >= 0.3 is 5.97 Å². The number of benzene rings is 1.